The van der Waals surface area contributed by atoms with Gasteiger partial charge in [-0.05, 0) is 12.0 Å². The molecular formula is C22H27NO3. The first-order valence-electron chi connectivity index (χ1n) is 9.26. The van der Waals surface area contributed by atoms with Gasteiger partial charge in [0.2, 0.25) is 6.10 Å². The summed E-state index contributed by atoms with van der Waals surface area (Å²) < 4.78 is 5.52. The number of nitrogens with one attached hydrogen (secondary N) is 1. The molecule has 0 unspecified atom stereocenters. The van der Waals surface area contributed by atoms with Gasteiger partial charge in [0.25, 0.3) is 5.91 Å². The SMILES string of the molecule is CCCCCCC(=O)O[C@H](C(=O)NCc1ccccc1)c1ccccc1. The molecule has 26 heavy (non-hydrogen) atoms. The number of carbonyl (C=O) groups excluding carboxylic acids is 2. The largest absolute Gasteiger partial charge is 0.447 e. The number of esters is 1. The topological polar surface area (TPSA) is 55.4 Å². The van der Waals surface area contributed by atoms with Crippen molar-refractivity contribution < 1.29 is 14.3 Å². The molecular weight excluding hydrogens is 326 g/mol. The summed E-state index contributed by atoms with van der Waals surface area (Å²) in [6.45, 7) is 2.53. The maximum atomic E-state index is 12.6. The quantitative estimate of drug-likeness (QED) is 0.503. The van der Waals surface area contributed by atoms with Gasteiger partial charge in [-0.1, -0.05) is 86.8 Å². The maximum absolute atomic E-state index is 12.6. The van der Waals surface area contributed by atoms with E-state index in [1.54, 1.807) is 12.1 Å². The highest BCUT2D eigenvalue weighted by atomic mass is 16.5. The summed E-state index contributed by atoms with van der Waals surface area (Å²) >= 11 is 0. The minimum Gasteiger partial charge on any atom is -0.447 e. The van der Waals surface area contributed by atoms with Crippen LogP contribution in [-0.4, -0.2) is 11.9 Å². The van der Waals surface area contributed by atoms with E-state index in [9.17, 15) is 9.59 Å². The first-order chi connectivity index (χ1) is 12.7. The highest BCUT2D eigenvalue weighted by Crippen LogP contribution is 2.19. The zero-order chi connectivity index (χ0) is 18.6. The van der Waals surface area contributed by atoms with Crippen LogP contribution in [-0.2, 0) is 20.9 Å². The Bertz CT molecular complexity index is 670. The lowest BCUT2D eigenvalue weighted by molar-refractivity contribution is -0.156. The Morgan fingerprint density at radius 1 is 0.923 bits per heavy atom. The summed E-state index contributed by atoms with van der Waals surface area (Å²) in [4.78, 5) is 24.8. The molecule has 0 saturated carbocycles. The molecule has 2 aromatic rings. The number of benzene rings is 2. The molecule has 0 heterocycles. The van der Waals surface area contributed by atoms with Gasteiger partial charge in [0.1, 0.15) is 0 Å². The first-order valence-corrected chi connectivity index (χ1v) is 9.26. The van der Waals surface area contributed by atoms with Crippen LogP contribution >= 0.6 is 0 Å². The number of hydrogen-bond acceptors (Lipinski definition) is 3. The Labute approximate surface area is 155 Å². The molecule has 0 aliphatic carbocycles. The predicted octanol–water partition coefficient (Wildman–Crippen LogP) is 4.56. The van der Waals surface area contributed by atoms with Crippen LogP contribution in [0.4, 0.5) is 0 Å². The van der Waals surface area contributed by atoms with Crippen molar-refractivity contribution >= 4 is 11.9 Å². The highest BCUT2D eigenvalue weighted by Gasteiger charge is 2.24. The number of unbranched alkanes of at least 4 members (excludes halogenated alkanes) is 3. The number of rotatable bonds is 10. The molecule has 1 atom stereocenters. The molecule has 0 spiro atoms. The molecule has 1 amide bonds. The van der Waals surface area contributed by atoms with Gasteiger partial charge in [0.05, 0.1) is 0 Å². The van der Waals surface area contributed by atoms with Crippen molar-refractivity contribution in [3.63, 3.8) is 0 Å². The molecule has 1 N–H and O–H groups in total. The summed E-state index contributed by atoms with van der Waals surface area (Å²) in [5.41, 5.74) is 1.68. The molecule has 0 saturated heterocycles. The van der Waals surface area contributed by atoms with Crippen molar-refractivity contribution in [3.8, 4) is 0 Å². The smallest absolute Gasteiger partial charge is 0.306 e. The Morgan fingerprint density at radius 3 is 2.23 bits per heavy atom. The van der Waals surface area contributed by atoms with Crippen molar-refractivity contribution in [2.24, 2.45) is 0 Å². The lowest BCUT2D eigenvalue weighted by atomic mass is 10.1. The van der Waals surface area contributed by atoms with E-state index in [-0.39, 0.29) is 11.9 Å². The summed E-state index contributed by atoms with van der Waals surface area (Å²) in [7, 11) is 0. The molecule has 4 nitrogen and oxygen atoms in total. The van der Waals surface area contributed by atoms with Crippen LogP contribution < -0.4 is 5.32 Å². The second-order valence-corrected chi connectivity index (χ2v) is 6.29. The third-order valence-electron chi connectivity index (χ3n) is 4.13. The van der Waals surface area contributed by atoms with Crippen molar-refractivity contribution in [3.05, 3.63) is 71.8 Å². The summed E-state index contributed by atoms with van der Waals surface area (Å²) in [5, 5.41) is 2.86. The normalized spacial score (nSPS) is 11.6. The van der Waals surface area contributed by atoms with Crippen molar-refractivity contribution in [2.75, 3.05) is 0 Å². The lowest BCUT2D eigenvalue weighted by Crippen LogP contribution is -2.31. The van der Waals surface area contributed by atoms with Gasteiger partial charge in [0, 0.05) is 18.5 Å². The van der Waals surface area contributed by atoms with E-state index in [2.05, 4.69) is 12.2 Å². The maximum Gasteiger partial charge on any atom is 0.306 e. The van der Waals surface area contributed by atoms with Crippen LogP contribution in [0.15, 0.2) is 60.7 Å². The van der Waals surface area contributed by atoms with Gasteiger partial charge in [-0.2, -0.15) is 0 Å². The van der Waals surface area contributed by atoms with Crippen LogP contribution in [0.2, 0.25) is 0 Å². The third kappa shape index (κ3) is 6.71. The van der Waals surface area contributed by atoms with Crippen molar-refractivity contribution in [1.82, 2.24) is 5.32 Å². The number of carbonyl (C=O) groups is 2. The van der Waals surface area contributed by atoms with E-state index in [0.717, 1.165) is 31.2 Å². The molecule has 0 bridgehead atoms. The molecule has 138 valence electrons. The first kappa shape index (κ1) is 19.7. The third-order valence-corrected chi connectivity index (χ3v) is 4.13. The Morgan fingerprint density at radius 2 is 1.58 bits per heavy atom. The minimum atomic E-state index is -0.918. The summed E-state index contributed by atoms with van der Waals surface area (Å²) in [6, 6.07) is 18.8. The van der Waals surface area contributed by atoms with Gasteiger partial charge in [-0.25, -0.2) is 0 Å². The van der Waals surface area contributed by atoms with E-state index >= 15 is 0 Å². The van der Waals surface area contributed by atoms with E-state index in [1.165, 1.54) is 0 Å². The fourth-order valence-corrected chi connectivity index (χ4v) is 2.66. The number of ether oxygens (including phenoxy) is 1. The monoisotopic (exact) mass is 353 g/mol. The van der Waals surface area contributed by atoms with E-state index < -0.39 is 6.10 Å². The predicted molar refractivity (Wildman–Crippen MR) is 102 cm³/mol. The molecule has 2 aromatic carbocycles. The van der Waals surface area contributed by atoms with Gasteiger partial charge < -0.3 is 10.1 Å². The molecule has 0 aromatic heterocycles. The fourth-order valence-electron chi connectivity index (χ4n) is 2.66. The second kappa shape index (κ2) is 11.1. The van der Waals surface area contributed by atoms with E-state index in [1.807, 2.05) is 48.5 Å². The van der Waals surface area contributed by atoms with Crippen molar-refractivity contribution in [2.45, 2.75) is 51.7 Å². The molecule has 0 fully saturated rings. The molecule has 0 aliphatic heterocycles. The Kier molecular flexibility index (Phi) is 8.40. The highest BCUT2D eigenvalue weighted by molar-refractivity contribution is 5.85. The zero-order valence-corrected chi connectivity index (χ0v) is 15.3. The average molecular weight is 353 g/mol. The summed E-state index contributed by atoms with van der Waals surface area (Å²) in [5.74, 6) is -0.633. The number of amides is 1. The summed E-state index contributed by atoms with van der Waals surface area (Å²) in [6.07, 6.45) is 3.44. The van der Waals surface area contributed by atoms with Crippen LogP contribution in [0, 0.1) is 0 Å². The zero-order valence-electron chi connectivity index (χ0n) is 15.3. The van der Waals surface area contributed by atoms with E-state index in [0.29, 0.717) is 18.5 Å². The molecule has 0 aliphatic rings. The lowest BCUT2D eigenvalue weighted by Gasteiger charge is -2.18. The Balaban J connectivity index is 1.97. The molecule has 0 radical (unpaired) electrons. The van der Waals surface area contributed by atoms with Gasteiger partial charge in [0.15, 0.2) is 0 Å². The van der Waals surface area contributed by atoms with Crippen LogP contribution in [0.5, 0.6) is 0 Å². The van der Waals surface area contributed by atoms with Gasteiger partial charge >= 0.3 is 5.97 Å². The van der Waals surface area contributed by atoms with Crippen LogP contribution in [0.25, 0.3) is 0 Å². The standard InChI is InChI=1S/C22H27NO3/c1-2-3-4-11-16-20(24)26-21(19-14-9-6-10-15-19)22(25)23-17-18-12-7-5-8-13-18/h5-10,12-15,21H,2-4,11,16-17H2,1H3,(H,23,25)/t21-/m0/s1. The van der Waals surface area contributed by atoms with E-state index in [4.69, 9.17) is 4.74 Å². The van der Waals surface area contributed by atoms with Crippen molar-refractivity contribution in [1.29, 1.82) is 0 Å². The van der Waals surface area contributed by atoms with Gasteiger partial charge in [-0.15, -0.1) is 0 Å². The van der Waals surface area contributed by atoms with Crippen LogP contribution in [0.1, 0.15) is 56.3 Å². The fraction of sp³-hybridized carbons (Fsp3) is 0.364. The second-order valence-electron chi connectivity index (χ2n) is 6.29. The minimum absolute atomic E-state index is 0.304. The molecule has 2 rings (SSSR count). The number of hydrogen-bond donors (Lipinski definition) is 1. The molecule has 4 heteroatoms. The van der Waals surface area contributed by atoms with Crippen LogP contribution in [0.3, 0.4) is 0 Å². The average Bonchev–Trinajstić information content (AvgIpc) is 2.69. The van der Waals surface area contributed by atoms with Gasteiger partial charge in [-0.3, -0.25) is 9.59 Å². The Hall–Kier alpha value is -2.62.